The number of piperazine rings is 1. The number of hydrogen-bond acceptors (Lipinski definition) is 4. The van der Waals surface area contributed by atoms with Crippen molar-refractivity contribution < 1.29 is 19.2 Å². The number of imide groups is 1. The molecule has 2 aliphatic rings. The lowest BCUT2D eigenvalue weighted by atomic mass is 10.2. The van der Waals surface area contributed by atoms with Crippen LogP contribution in [0.5, 0.6) is 0 Å². The quantitative estimate of drug-likeness (QED) is 0.852. The highest BCUT2D eigenvalue weighted by Crippen LogP contribution is 2.19. The molecule has 0 bridgehead atoms. The summed E-state index contributed by atoms with van der Waals surface area (Å²) in [4.78, 5) is 28.1. The lowest BCUT2D eigenvalue weighted by Crippen LogP contribution is -3.15. The summed E-state index contributed by atoms with van der Waals surface area (Å²) in [5.41, 5.74) is 1.11. The zero-order valence-electron chi connectivity index (χ0n) is 12.3. The summed E-state index contributed by atoms with van der Waals surface area (Å²) < 4.78 is 4.80. The zero-order chi connectivity index (χ0) is 15.5. The number of ether oxygens (including phenoxy) is 1. The molecular weight excluding hydrogens is 306 g/mol. The topological polar surface area (TPSA) is 54.3 Å². The van der Waals surface area contributed by atoms with Crippen molar-refractivity contribution in [3.8, 4) is 0 Å². The minimum Gasteiger partial charge on any atom is -0.447 e. The smallest absolute Gasteiger partial charge is 0.416 e. The fraction of sp³-hybridized carbons (Fsp3) is 0.467. The summed E-state index contributed by atoms with van der Waals surface area (Å²) in [6.45, 7) is 4.49. The lowest BCUT2D eigenvalue weighted by Gasteiger charge is -2.33. The van der Waals surface area contributed by atoms with Crippen LogP contribution in [-0.4, -0.2) is 62.8 Å². The summed E-state index contributed by atoms with van der Waals surface area (Å²) in [6, 6.07) is 7.81. The average molecular weight is 325 g/mol. The Kier molecular flexibility index (Phi) is 4.49. The number of carbonyl (C=O) groups is 2. The number of rotatable bonds is 3. The van der Waals surface area contributed by atoms with E-state index in [0.717, 1.165) is 36.9 Å². The van der Waals surface area contributed by atoms with Gasteiger partial charge in [-0.25, -0.2) is 9.69 Å². The van der Waals surface area contributed by atoms with Crippen LogP contribution in [-0.2, 0) is 9.53 Å². The average Bonchev–Trinajstić information content (AvgIpc) is 2.94. The van der Waals surface area contributed by atoms with Gasteiger partial charge in [-0.05, 0) is 18.2 Å². The van der Waals surface area contributed by atoms with Crippen LogP contribution in [0.1, 0.15) is 0 Å². The maximum Gasteiger partial charge on any atom is 0.416 e. The number of anilines is 1. The van der Waals surface area contributed by atoms with Gasteiger partial charge < -0.3 is 14.5 Å². The predicted octanol–water partition coefficient (Wildman–Crippen LogP) is 0.0237. The Balaban J connectivity index is 1.51. The number of quaternary nitrogens is 1. The van der Waals surface area contributed by atoms with Crippen molar-refractivity contribution in [3.63, 3.8) is 0 Å². The first-order chi connectivity index (χ1) is 10.6. The van der Waals surface area contributed by atoms with Gasteiger partial charge in [0.25, 0.3) is 5.91 Å². The van der Waals surface area contributed by atoms with Crippen molar-refractivity contribution >= 4 is 29.3 Å². The van der Waals surface area contributed by atoms with E-state index < -0.39 is 6.09 Å². The van der Waals surface area contributed by atoms with Gasteiger partial charge in [-0.1, -0.05) is 17.7 Å². The molecule has 22 heavy (non-hydrogen) atoms. The molecule has 7 heteroatoms. The van der Waals surface area contributed by atoms with Crippen LogP contribution in [0, 0.1) is 0 Å². The highest BCUT2D eigenvalue weighted by atomic mass is 35.5. The van der Waals surface area contributed by atoms with Crippen molar-refractivity contribution in [2.75, 3.05) is 50.8 Å². The number of nitrogens with zero attached hydrogens (tertiary/aromatic N) is 2. The third-order valence-corrected chi connectivity index (χ3v) is 4.34. The Morgan fingerprint density at radius 2 is 2.05 bits per heavy atom. The molecule has 1 aromatic rings. The molecule has 2 fully saturated rings. The molecule has 0 aliphatic carbocycles. The largest absolute Gasteiger partial charge is 0.447 e. The summed E-state index contributed by atoms with van der Waals surface area (Å²) in [7, 11) is 0. The number of carbonyl (C=O) groups excluding carboxylic acids is 2. The number of amides is 2. The van der Waals surface area contributed by atoms with E-state index in [1.165, 1.54) is 9.80 Å². The second-order valence-electron chi connectivity index (χ2n) is 5.55. The third-order valence-electron chi connectivity index (χ3n) is 4.11. The van der Waals surface area contributed by atoms with Crippen molar-refractivity contribution in [1.29, 1.82) is 0 Å². The van der Waals surface area contributed by atoms with Crippen LogP contribution >= 0.6 is 11.6 Å². The maximum absolute atomic E-state index is 12.1. The molecule has 2 amide bonds. The van der Waals surface area contributed by atoms with E-state index in [-0.39, 0.29) is 5.91 Å². The van der Waals surface area contributed by atoms with E-state index in [2.05, 4.69) is 4.90 Å². The molecule has 2 heterocycles. The third kappa shape index (κ3) is 3.34. The fourth-order valence-electron chi connectivity index (χ4n) is 2.86. The van der Waals surface area contributed by atoms with Crippen molar-refractivity contribution in [3.05, 3.63) is 29.3 Å². The maximum atomic E-state index is 12.1. The molecule has 1 aromatic carbocycles. The van der Waals surface area contributed by atoms with Crippen LogP contribution in [0.2, 0.25) is 5.02 Å². The first kappa shape index (κ1) is 15.1. The fourth-order valence-corrected chi connectivity index (χ4v) is 3.04. The van der Waals surface area contributed by atoms with Crippen molar-refractivity contribution in [1.82, 2.24) is 4.90 Å². The van der Waals surface area contributed by atoms with E-state index in [4.69, 9.17) is 16.3 Å². The second kappa shape index (κ2) is 6.54. The van der Waals surface area contributed by atoms with Gasteiger partial charge in [-0.15, -0.1) is 0 Å². The Labute approximate surface area is 134 Å². The van der Waals surface area contributed by atoms with Crippen molar-refractivity contribution in [2.45, 2.75) is 0 Å². The zero-order valence-corrected chi connectivity index (χ0v) is 13.0. The van der Waals surface area contributed by atoms with Crippen LogP contribution < -0.4 is 9.80 Å². The van der Waals surface area contributed by atoms with Gasteiger partial charge in [0.15, 0.2) is 6.54 Å². The van der Waals surface area contributed by atoms with E-state index in [1.807, 2.05) is 24.3 Å². The van der Waals surface area contributed by atoms with Gasteiger partial charge >= 0.3 is 6.09 Å². The highest BCUT2D eigenvalue weighted by molar-refractivity contribution is 6.30. The molecule has 0 aromatic heterocycles. The summed E-state index contributed by atoms with van der Waals surface area (Å²) in [5, 5.41) is 0.731. The van der Waals surface area contributed by atoms with E-state index in [9.17, 15) is 9.59 Å². The van der Waals surface area contributed by atoms with Crippen LogP contribution in [0.3, 0.4) is 0 Å². The van der Waals surface area contributed by atoms with Gasteiger partial charge in [0.05, 0.1) is 32.7 Å². The molecule has 0 saturated carbocycles. The molecule has 0 unspecified atom stereocenters. The van der Waals surface area contributed by atoms with Gasteiger partial charge in [0.1, 0.15) is 6.61 Å². The molecule has 0 atom stereocenters. The number of cyclic esters (lactones) is 1. The van der Waals surface area contributed by atoms with Crippen molar-refractivity contribution in [2.24, 2.45) is 0 Å². The lowest BCUT2D eigenvalue weighted by molar-refractivity contribution is -0.892. The minimum atomic E-state index is -0.512. The van der Waals surface area contributed by atoms with Crippen LogP contribution in [0.4, 0.5) is 10.5 Å². The van der Waals surface area contributed by atoms with Gasteiger partial charge in [-0.2, -0.15) is 0 Å². The first-order valence-electron chi connectivity index (χ1n) is 7.45. The number of halogens is 1. The summed E-state index contributed by atoms with van der Waals surface area (Å²) >= 11 is 6.02. The monoisotopic (exact) mass is 324 g/mol. The predicted molar refractivity (Wildman–Crippen MR) is 82.3 cm³/mol. The molecule has 6 nitrogen and oxygen atoms in total. The number of benzene rings is 1. The molecule has 2 aliphatic heterocycles. The Bertz CT molecular complexity index is 573. The Morgan fingerprint density at radius 3 is 2.68 bits per heavy atom. The second-order valence-corrected chi connectivity index (χ2v) is 5.99. The van der Waals surface area contributed by atoms with Crippen LogP contribution in [0.15, 0.2) is 24.3 Å². The van der Waals surface area contributed by atoms with Gasteiger partial charge in [-0.3, -0.25) is 4.79 Å². The molecule has 2 saturated heterocycles. The Hall–Kier alpha value is -1.79. The Morgan fingerprint density at radius 1 is 1.27 bits per heavy atom. The van der Waals surface area contributed by atoms with Crippen LogP contribution in [0.25, 0.3) is 0 Å². The number of hydrogen-bond donors (Lipinski definition) is 1. The minimum absolute atomic E-state index is 0.145. The molecular formula is C15H19ClN3O3+. The van der Waals surface area contributed by atoms with Gasteiger partial charge in [0.2, 0.25) is 0 Å². The van der Waals surface area contributed by atoms with E-state index >= 15 is 0 Å². The SMILES string of the molecule is O=C(C[NH+]1CCN(c2cccc(Cl)c2)CC1)N1CCOC1=O. The summed E-state index contributed by atoms with van der Waals surface area (Å²) in [5.74, 6) is -0.145. The molecule has 0 radical (unpaired) electrons. The summed E-state index contributed by atoms with van der Waals surface area (Å²) in [6.07, 6.45) is -0.512. The normalized spacial score (nSPS) is 19.4. The molecule has 1 N–H and O–H groups in total. The molecule has 118 valence electrons. The highest BCUT2D eigenvalue weighted by Gasteiger charge is 2.32. The standard InChI is InChI=1S/C15H18ClN3O3/c16-12-2-1-3-13(10-12)18-6-4-17(5-7-18)11-14(20)19-8-9-22-15(19)21/h1-3,10H,4-9,11H2/p+1. The van der Waals surface area contributed by atoms with E-state index in [0.29, 0.717) is 19.7 Å². The molecule has 3 rings (SSSR count). The molecule has 0 spiro atoms. The first-order valence-corrected chi connectivity index (χ1v) is 7.82. The number of nitrogens with one attached hydrogen (secondary N) is 1. The van der Waals surface area contributed by atoms with Gasteiger partial charge in [0, 0.05) is 10.7 Å². The van der Waals surface area contributed by atoms with E-state index in [1.54, 1.807) is 0 Å².